The molecule has 2 aliphatic rings. The van der Waals surface area contributed by atoms with Gasteiger partial charge in [0, 0.05) is 19.1 Å². The molecule has 3 nitrogen and oxygen atoms in total. The molecule has 0 radical (unpaired) electrons. The van der Waals surface area contributed by atoms with Gasteiger partial charge >= 0.3 is 0 Å². The van der Waals surface area contributed by atoms with Gasteiger partial charge in [-0.05, 0) is 25.7 Å². The van der Waals surface area contributed by atoms with Crippen LogP contribution in [0.5, 0.6) is 0 Å². The molecule has 2 fully saturated rings. The smallest absolute Gasteiger partial charge is 0.0700 e. The Labute approximate surface area is 86.0 Å². The van der Waals surface area contributed by atoms with Crippen molar-refractivity contribution in [3.63, 3.8) is 0 Å². The Morgan fingerprint density at radius 2 is 2.29 bits per heavy atom. The van der Waals surface area contributed by atoms with Gasteiger partial charge in [-0.15, -0.1) is 0 Å². The Balaban J connectivity index is 1.90. The highest BCUT2D eigenvalue weighted by Crippen LogP contribution is 2.25. The quantitative estimate of drug-likeness (QED) is 0.720. The fraction of sp³-hybridized carbons (Fsp3) is 1.00. The summed E-state index contributed by atoms with van der Waals surface area (Å²) in [5.41, 5.74) is 0. The van der Waals surface area contributed by atoms with Gasteiger partial charge in [0.15, 0.2) is 0 Å². The zero-order valence-electron chi connectivity index (χ0n) is 8.98. The first-order valence-corrected chi connectivity index (χ1v) is 5.85. The average Bonchev–Trinajstić information content (AvgIpc) is 2.65. The minimum atomic E-state index is -0.0920. The molecule has 3 atom stereocenters. The van der Waals surface area contributed by atoms with E-state index in [0.29, 0.717) is 12.1 Å². The molecule has 2 rings (SSSR count). The molecule has 1 aliphatic heterocycles. The van der Waals surface area contributed by atoms with E-state index in [2.05, 4.69) is 11.8 Å². The van der Waals surface area contributed by atoms with Crippen LogP contribution in [0, 0.1) is 0 Å². The molecule has 1 unspecified atom stereocenters. The molecular weight excluding hydrogens is 178 g/mol. The molecule has 82 valence electrons. The van der Waals surface area contributed by atoms with E-state index < -0.39 is 0 Å². The Kier molecular flexibility index (Phi) is 3.42. The predicted molar refractivity (Wildman–Crippen MR) is 55.2 cm³/mol. The average molecular weight is 199 g/mol. The number of ether oxygens (including phenoxy) is 1. The molecule has 0 aromatic carbocycles. The standard InChI is InChI=1S/C11H21NO2/c1-2-9-8-12(6-7-14-9)10-4-3-5-11(10)13/h9-11,13H,2-8H2,1H3/t9?,10-,11-/m1/s1. The molecule has 1 N–H and O–H groups in total. The van der Waals surface area contributed by atoms with E-state index in [1.165, 1.54) is 6.42 Å². The summed E-state index contributed by atoms with van der Waals surface area (Å²) in [6, 6.07) is 0.410. The van der Waals surface area contributed by atoms with Crippen molar-refractivity contribution in [2.75, 3.05) is 19.7 Å². The van der Waals surface area contributed by atoms with Crippen molar-refractivity contribution < 1.29 is 9.84 Å². The fourth-order valence-electron chi connectivity index (χ4n) is 2.64. The van der Waals surface area contributed by atoms with E-state index in [0.717, 1.165) is 39.0 Å². The molecule has 1 aliphatic carbocycles. The second-order valence-electron chi connectivity index (χ2n) is 4.46. The summed E-state index contributed by atoms with van der Waals surface area (Å²) in [6.45, 7) is 5.01. The van der Waals surface area contributed by atoms with E-state index in [4.69, 9.17) is 4.74 Å². The molecule has 0 amide bonds. The van der Waals surface area contributed by atoms with Crippen LogP contribution < -0.4 is 0 Å². The zero-order valence-corrected chi connectivity index (χ0v) is 8.98. The largest absolute Gasteiger partial charge is 0.391 e. The van der Waals surface area contributed by atoms with Crippen LogP contribution in [0.1, 0.15) is 32.6 Å². The highest BCUT2D eigenvalue weighted by molar-refractivity contribution is 4.87. The minimum Gasteiger partial charge on any atom is -0.391 e. The molecular formula is C11H21NO2. The normalized spacial score (nSPS) is 40.3. The minimum absolute atomic E-state index is 0.0920. The highest BCUT2D eigenvalue weighted by atomic mass is 16.5. The molecule has 3 heteroatoms. The van der Waals surface area contributed by atoms with E-state index in [9.17, 15) is 5.11 Å². The van der Waals surface area contributed by atoms with Crippen molar-refractivity contribution in [1.82, 2.24) is 4.90 Å². The van der Waals surface area contributed by atoms with Crippen molar-refractivity contribution in [3.05, 3.63) is 0 Å². The van der Waals surface area contributed by atoms with E-state index in [1.54, 1.807) is 0 Å². The van der Waals surface area contributed by atoms with Crippen LogP contribution in [0.2, 0.25) is 0 Å². The molecule has 1 heterocycles. The summed E-state index contributed by atoms with van der Waals surface area (Å²) in [5, 5.41) is 9.82. The number of nitrogens with zero attached hydrogens (tertiary/aromatic N) is 1. The number of hydrogen-bond acceptors (Lipinski definition) is 3. The second-order valence-corrected chi connectivity index (χ2v) is 4.46. The summed E-state index contributed by atoms with van der Waals surface area (Å²) in [5.74, 6) is 0. The third-order valence-electron chi connectivity index (χ3n) is 3.54. The molecule has 1 saturated carbocycles. The third kappa shape index (κ3) is 2.10. The van der Waals surface area contributed by atoms with E-state index in [1.807, 2.05) is 0 Å². The summed E-state index contributed by atoms with van der Waals surface area (Å²) in [4.78, 5) is 2.43. The van der Waals surface area contributed by atoms with Gasteiger partial charge in [-0.1, -0.05) is 6.92 Å². The molecule has 0 aromatic rings. The first-order chi connectivity index (χ1) is 6.81. The highest BCUT2D eigenvalue weighted by Gasteiger charge is 2.33. The molecule has 0 spiro atoms. The van der Waals surface area contributed by atoms with Gasteiger partial charge in [0.1, 0.15) is 0 Å². The molecule has 14 heavy (non-hydrogen) atoms. The maximum atomic E-state index is 9.82. The van der Waals surface area contributed by atoms with Gasteiger partial charge in [0.25, 0.3) is 0 Å². The van der Waals surface area contributed by atoms with Crippen LogP contribution in [0.3, 0.4) is 0 Å². The van der Waals surface area contributed by atoms with Crippen LogP contribution in [0.15, 0.2) is 0 Å². The fourth-order valence-corrected chi connectivity index (χ4v) is 2.64. The van der Waals surface area contributed by atoms with Crippen molar-refractivity contribution in [3.8, 4) is 0 Å². The Hall–Kier alpha value is -0.120. The number of morpholine rings is 1. The first-order valence-electron chi connectivity index (χ1n) is 5.85. The number of aliphatic hydroxyl groups excluding tert-OH is 1. The third-order valence-corrected chi connectivity index (χ3v) is 3.54. The summed E-state index contributed by atoms with van der Waals surface area (Å²) in [7, 11) is 0. The van der Waals surface area contributed by atoms with Gasteiger partial charge in [-0.2, -0.15) is 0 Å². The van der Waals surface area contributed by atoms with Crippen molar-refractivity contribution in [1.29, 1.82) is 0 Å². The van der Waals surface area contributed by atoms with E-state index in [-0.39, 0.29) is 6.10 Å². The maximum absolute atomic E-state index is 9.82. The topological polar surface area (TPSA) is 32.7 Å². The van der Waals surface area contributed by atoms with Crippen molar-refractivity contribution >= 4 is 0 Å². The zero-order chi connectivity index (χ0) is 9.97. The monoisotopic (exact) mass is 199 g/mol. The lowest BCUT2D eigenvalue weighted by molar-refractivity contribution is -0.0594. The van der Waals surface area contributed by atoms with Crippen LogP contribution in [-0.2, 0) is 4.74 Å². The number of rotatable bonds is 2. The van der Waals surface area contributed by atoms with Gasteiger partial charge in [-0.25, -0.2) is 0 Å². The Bertz CT molecular complexity index is 186. The van der Waals surface area contributed by atoms with Gasteiger partial charge in [-0.3, -0.25) is 4.90 Å². The van der Waals surface area contributed by atoms with Gasteiger partial charge in [0.05, 0.1) is 18.8 Å². The van der Waals surface area contributed by atoms with Crippen LogP contribution in [-0.4, -0.2) is 48.0 Å². The van der Waals surface area contributed by atoms with Crippen molar-refractivity contribution in [2.24, 2.45) is 0 Å². The SMILES string of the molecule is CCC1CN([C@@H]2CCC[C@H]2O)CCO1. The number of hydrogen-bond donors (Lipinski definition) is 1. The van der Waals surface area contributed by atoms with Gasteiger partial charge in [0.2, 0.25) is 0 Å². The molecule has 1 saturated heterocycles. The van der Waals surface area contributed by atoms with E-state index >= 15 is 0 Å². The lowest BCUT2D eigenvalue weighted by Crippen LogP contribution is -2.50. The van der Waals surface area contributed by atoms with Crippen LogP contribution in [0.25, 0.3) is 0 Å². The van der Waals surface area contributed by atoms with Crippen LogP contribution in [0.4, 0.5) is 0 Å². The summed E-state index contributed by atoms with van der Waals surface area (Å²) >= 11 is 0. The first kappa shape index (κ1) is 10.4. The lowest BCUT2D eigenvalue weighted by atomic mass is 10.1. The van der Waals surface area contributed by atoms with Crippen molar-refractivity contribution in [2.45, 2.75) is 50.9 Å². The summed E-state index contributed by atoms with van der Waals surface area (Å²) in [6.07, 6.45) is 4.71. The molecule has 0 aromatic heterocycles. The summed E-state index contributed by atoms with van der Waals surface area (Å²) < 4.78 is 5.63. The molecule has 0 bridgehead atoms. The lowest BCUT2D eigenvalue weighted by Gasteiger charge is -2.37. The maximum Gasteiger partial charge on any atom is 0.0700 e. The number of aliphatic hydroxyl groups is 1. The predicted octanol–water partition coefficient (Wildman–Crippen LogP) is 1.01. The van der Waals surface area contributed by atoms with Crippen LogP contribution >= 0.6 is 0 Å². The second kappa shape index (κ2) is 4.60. The van der Waals surface area contributed by atoms with Gasteiger partial charge < -0.3 is 9.84 Å². The Morgan fingerprint density at radius 1 is 1.43 bits per heavy atom. The Morgan fingerprint density at radius 3 is 2.93 bits per heavy atom.